The van der Waals surface area contributed by atoms with Gasteiger partial charge in [0.15, 0.2) is 6.61 Å². The second-order valence-corrected chi connectivity index (χ2v) is 6.16. The van der Waals surface area contributed by atoms with Crippen LogP contribution in [0.5, 0.6) is 5.75 Å². The van der Waals surface area contributed by atoms with E-state index >= 15 is 0 Å². The number of benzene rings is 2. The SMILES string of the molecule is Cc1ccc(NC(=O)COc2ccc(/C=N/NC(=O)C(C)C)cc2)cc1. The van der Waals surface area contributed by atoms with Gasteiger partial charge in [-0.2, -0.15) is 5.10 Å². The van der Waals surface area contributed by atoms with Crippen LogP contribution in [0.25, 0.3) is 0 Å². The number of nitrogens with one attached hydrogen (secondary N) is 2. The summed E-state index contributed by atoms with van der Waals surface area (Å²) in [6, 6.07) is 14.6. The van der Waals surface area contributed by atoms with Gasteiger partial charge in [0.25, 0.3) is 5.91 Å². The molecule has 0 unspecified atom stereocenters. The first-order chi connectivity index (χ1) is 12.4. The van der Waals surface area contributed by atoms with E-state index in [1.807, 2.05) is 31.2 Å². The van der Waals surface area contributed by atoms with Crippen LogP contribution in [0.2, 0.25) is 0 Å². The first-order valence-corrected chi connectivity index (χ1v) is 8.36. The molecule has 2 rings (SSSR count). The van der Waals surface area contributed by atoms with Gasteiger partial charge in [-0.3, -0.25) is 9.59 Å². The van der Waals surface area contributed by atoms with Crippen LogP contribution in [0.15, 0.2) is 53.6 Å². The third-order valence-corrected chi connectivity index (χ3v) is 3.50. The van der Waals surface area contributed by atoms with E-state index in [0.717, 1.165) is 16.8 Å². The van der Waals surface area contributed by atoms with Crippen molar-refractivity contribution in [2.45, 2.75) is 20.8 Å². The predicted molar refractivity (Wildman–Crippen MR) is 102 cm³/mol. The van der Waals surface area contributed by atoms with Crippen LogP contribution in [0.1, 0.15) is 25.0 Å². The first kappa shape index (κ1) is 19.2. The topological polar surface area (TPSA) is 79.8 Å². The molecule has 0 aliphatic rings. The summed E-state index contributed by atoms with van der Waals surface area (Å²) in [5.74, 6) is 0.0955. The summed E-state index contributed by atoms with van der Waals surface area (Å²) in [7, 11) is 0. The Hall–Kier alpha value is -3.15. The number of aryl methyl sites for hydroxylation is 1. The van der Waals surface area contributed by atoms with Crippen LogP contribution in [-0.4, -0.2) is 24.6 Å². The van der Waals surface area contributed by atoms with Crippen molar-refractivity contribution in [1.82, 2.24) is 5.43 Å². The summed E-state index contributed by atoms with van der Waals surface area (Å²) in [4.78, 5) is 23.3. The van der Waals surface area contributed by atoms with Crippen molar-refractivity contribution < 1.29 is 14.3 Å². The number of hydrazone groups is 1. The number of nitrogens with zero attached hydrogens (tertiary/aromatic N) is 1. The lowest BCUT2D eigenvalue weighted by molar-refractivity contribution is -0.124. The van der Waals surface area contributed by atoms with E-state index < -0.39 is 0 Å². The molecule has 0 atom stereocenters. The number of ether oxygens (including phenoxy) is 1. The van der Waals surface area contributed by atoms with Gasteiger partial charge in [-0.1, -0.05) is 31.5 Å². The number of rotatable bonds is 7. The van der Waals surface area contributed by atoms with Crippen molar-refractivity contribution >= 4 is 23.7 Å². The van der Waals surface area contributed by atoms with Gasteiger partial charge in [0.05, 0.1) is 6.21 Å². The molecule has 0 aliphatic carbocycles. The van der Waals surface area contributed by atoms with E-state index in [9.17, 15) is 9.59 Å². The number of amides is 2. The molecule has 6 heteroatoms. The van der Waals surface area contributed by atoms with Gasteiger partial charge >= 0.3 is 0 Å². The number of hydrogen-bond acceptors (Lipinski definition) is 4. The van der Waals surface area contributed by atoms with Gasteiger partial charge in [0, 0.05) is 11.6 Å². The minimum atomic E-state index is -0.226. The smallest absolute Gasteiger partial charge is 0.262 e. The van der Waals surface area contributed by atoms with Crippen molar-refractivity contribution in [1.29, 1.82) is 0 Å². The van der Waals surface area contributed by atoms with E-state index in [-0.39, 0.29) is 24.3 Å². The molecule has 6 nitrogen and oxygen atoms in total. The largest absolute Gasteiger partial charge is 0.484 e. The standard InChI is InChI=1S/C20H23N3O3/c1-14(2)20(25)23-21-12-16-6-10-18(11-7-16)26-13-19(24)22-17-8-4-15(3)5-9-17/h4-12,14H,13H2,1-3H3,(H,22,24)(H,23,25)/b21-12+. The summed E-state index contributed by atoms with van der Waals surface area (Å²) in [5, 5.41) is 6.66. The third-order valence-electron chi connectivity index (χ3n) is 3.50. The highest BCUT2D eigenvalue weighted by atomic mass is 16.5. The Balaban J connectivity index is 1.79. The predicted octanol–water partition coefficient (Wildman–Crippen LogP) is 3.12. The molecule has 0 bridgehead atoms. The number of carbonyl (C=O) groups is 2. The first-order valence-electron chi connectivity index (χ1n) is 8.36. The summed E-state index contributed by atoms with van der Waals surface area (Å²) < 4.78 is 5.47. The van der Waals surface area contributed by atoms with Gasteiger partial charge in [-0.05, 0) is 48.9 Å². The van der Waals surface area contributed by atoms with E-state index in [1.165, 1.54) is 0 Å². The van der Waals surface area contributed by atoms with Crippen molar-refractivity contribution in [3.63, 3.8) is 0 Å². The Bertz CT molecular complexity index is 766. The summed E-state index contributed by atoms with van der Waals surface area (Å²) in [5.41, 5.74) is 5.14. The number of anilines is 1. The highest BCUT2D eigenvalue weighted by molar-refractivity contribution is 5.91. The van der Waals surface area contributed by atoms with Crippen molar-refractivity contribution in [3.05, 3.63) is 59.7 Å². The van der Waals surface area contributed by atoms with Gasteiger partial charge in [-0.15, -0.1) is 0 Å². The Morgan fingerprint density at radius 1 is 1.08 bits per heavy atom. The summed E-state index contributed by atoms with van der Waals surface area (Å²) in [6.45, 7) is 5.50. The molecule has 136 valence electrons. The van der Waals surface area contributed by atoms with Crippen LogP contribution in [-0.2, 0) is 9.59 Å². The molecule has 0 spiro atoms. The monoisotopic (exact) mass is 353 g/mol. The van der Waals surface area contributed by atoms with Gasteiger partial charge in [-0.25, -0.2) is 5.43 Å². The van der Waals surface area contributed by atoms with Crippen LogP contribution in [0.3, 0.4) is 0 Å². The lowest BCUT2D eigenvalue weighted by Gasteiger charge is -2.08. The molecule has 0 heterocycles. The minimum Gasteiger partial charge on any atom is -0.484 e. The van der Waals surface area contributed by atoms with E-state index in [4.69, 9.17) is 4.74 Å². The maximum absolute atomic E-state index is 11.9. The quantitative estimate of drug-likeness (QED) is 0.593. The molecule has 0 aliphatic heterocycles. The van der Waals surface area contributed by atoms with Crippen molar-refractivity contribution in [2.24, 2.45) is 11.0 Å². The highest BCUT2D eigenvalue weighted by Crippen LogP contribution is 2.12. The average Bonchev–Trinajstić information content (AvgIpc) is 2.63. The van der Waals surface area contributed by atoms with Gasteiger partial charge < -0.3 is 10.1 Å². The van der Waals surface area contributed by atoms with Crippen molar-refractivity contribution in [2.75, 3.05) is 11.9 Å². The summed E-state index contributed by atoms with van der Waals surface area (Å²) >= 11 is 0. The zero-order valence-corrected chi connectivity index (χ0v) is 15.2. The fraction of sp³-hybridized carbons (Fsp3) is 0.250. The number of carbonyl (C=O) groups excluding carboxylic acids is 2. The maximum atomic E-state index is 11.9. The van der Waals surface area contributed by atoms with Gasteiger partial charge in [0.1, 0.15) is 5.75 Å². The Morgan fingerprint density at radius 3 is 2.35 bits per heavy atom. The second-order valence-electron chi connectivity index (χ2n) is 6.16. The highest BCUT2D eigenvalue weighted by Gasteiger charge is 2.05. The molecule has 2 N–H and O–H groups in total. The zero-order valence-electron chi connectivity index (χ0n) is 15.2. The maximum Gasteiger partial charge on any atom is 0.262 e. The fourth-order valence-corrected chi connectivity index (χ4v) is 1.93. The van der Waals surface area contributed by atoms with E-state index in [0.29, 0.717) is 5.75 Å². The summed E-state index contributed by atoms with van der Waals surface area (Å²) in [6.07, 6.45) is 1.55. The zero-order chi connectivity index (χ0) is 18.9. The molecule has 2 aromatic carbocycles. The number of hydrogen-bond donors (Lipinski definition) is 2. The van der Waals surface area contributed by atoms with Crippen LogP contribution in [0.4, 0.5) is 5.69 Å². The molecular formula is C20H23N3O3. The fourth-order valence-electron chi connectivity index (χ4n) is 1.93. The molecule has 2 amide bonds. The van der Waals surface area contributed by atoms with Crippen LogP contribution in [0, 0.1) is 12.8 Å². The van der Waals surface area contributed by atoms with Crippen LogP contribution < -0.4 is 15.5 Å². The van der Waals surface area contributed by atoms with E-state index in [1.54, 1.807) is 44.3 Å². The Labute approximate surface area is 153 Å². The third kappa shape index (κ3) is 6.39. The molecule has 26 heavy (non-hydrogen) atoms. The second kappa shape index (κ2) is 9.36. The Morgan fingerprint density at radius 2 is 1.73 bits per heavy atom. The molecule has 0 fully saturated rings. The van der Waals surface area contributed by atoms with Crippen molar-refractivity contribution in [3.8, 4) is 5.75 Å². The average molecular weight is 353 g/mol. The van der Waals surface area contributed by atoms with Crippen LogP contribution >= 0.6 is 0 Å². The molecular weight excluding hydrogens is 330 g/mol. The Kier molecular flexibility index (Phi) is 6.91. The molecule has 0 radical (unpaired) electrons. The minimum absolute atomic E-state index is 0.0776. The molecule has 2 aromatic rings. The normalized spacial score (nSPS) is 10.8. The molecule has 0 saturated carbocycles. The van der Waals surface area contributed by atoms with E-state index in [2.05, 4.69) is 15.8 Å². The van der Waals surface area contributed by atoms with Gasteiger partial charge in [0.2, 0.25) is 5.91 Å². The lowest BCUT2D eigenvalue weighted by atomic mass is 10.2. The lowest BCUT2D eigenvalue weighted by Crippen LogP contribution is -2.22. The molecule has 0 saturated heterocycles. The molecule has 0 aromatic heterocycles.